The molecule has 2 aromatic rings. The lowest BCUT2D eigenvalue weighted by molar-refractivity contribution is -0.154. The molecular weight excluding hydrogens is 313 g/mol. The molecule has 23 heavy (non-hydrogen) atoms. The Bertz CT molecular complexity index is 675. The van der Waals surface area contributed by atoms with Crippen molar-refractivity contribution in [2.45, 2.75) is 12.7 Å². The van der Waals surface area contributed by atoms with Gasteiger partial charge in [0.05, 0.1) is 11.9 Å². The van der Waals surface area contributed by atoms with Crippen LogP contribution in [0.4, 0.5) is 18.9 Å². The minimum absolute atomic E-state index is 0.0785. The zero-order valence-corrected chi connectivity index (χ0v) is 11.9. The van der Waals surface area contributed by atoms with E-state index in [1.165, 1.54) is 12.3 Å². The number of hydrogen-bond acceptors (Lipinski definition) is 5. The molecule has 0 radical (unpaired) electrons. The van der Waals surface area contributed by atoms with Crippen LogP contribution in [0.3, 0.4) is 0 Å². The quantitative estimate of drug-likeness (QED) is 0.913. The maximum Gasteiger partial charge on any atom is 0.422 e. The first-order chi connectivity index (χ1) is 11.0. The molecule has 0 aliphatic carbocycles. The number of rotatable bonds is 5. The normalized spacial score (nSPS) is 13.0. The Kier molecular flexibility index (Phi) is 4.14. The molecule has 0 unspecified atom stereocenters. The van der Waals surface area contributed by atoms with Crippen LogP contribution in [0.5, 0.6) is 17.4 Å². The van der Waals surface area contributed by atoms with Crippen molar-refractivity contribution in [1.29, 1.82) is 0 Å². The lowest BCUT2D eigenvalue weighted by Gasteiger charge is -2.10. The van der Waals surface area contributed by atoms with Crippen LogP contribution in [0, 0.1) is 0 Å². The number of para-hydroxylation sites is 1. The molecule has 1 aromatic carbocycles. The van der Waals surface area contributed by atoms with Crippen molar-refractivity contribution >= 4 is 5.69 Å². The largest absolute Gasteiger partial charge is 0.468 e. The highest BCUT2D eigenvalue weighted by molar-refractivity contribution is 5.50. The molecule has 8 heteroatoms. The van der Waals surface area contributed by atoms with Gasteiger partial charge in [-0.15, -0.1) is 0 Å². The fourth-order valence-corrected chi connectivity index (χ4v) is 2.05. The van der Waals surface area contributed by atoms with Crippen molar-refractivity contribution in [3.8, 4) is 17.4 Å². The summed E-state index contributed by atoms with van der Waals surface area (Å²) in [6.07, 6.45) is -2.97. The Morgan fingerprint density at radius 3 is 2.78 bits per heavy atom. The van der Waals surface area contributed by atoms with Gasteiger partial charge in [0.1, 0.15) is 0 Å². The third-order valence-electron chi connectivity index (χ3n) is 3.08. The number of ether oxygens (including phenoxy) is 3. The Balaban J connectivity index is 1.58. The van der Waals surface area contributed by atoms with Gasteiger partial charge < -0.3 is 19.5 Å². The van der Waals surface area contributed by atoms with E-state index in [4.69, 9.17) is 9.47 Å². The van der Waals surface area contributed by atoms with Gasteiger partial charge in [0.15, 0.2) is 18.1 Å². The molecule has 1 aromatic heterocycles. The average Bonchev–Trinajstić information content (AvgIpc) is 3.00. The van der Waals surface area contributed by atoms with E-state index in [-0.39, 0.29) is 12.7 Å². The summed E-state index contributed by atoms with van der Waals surface area (Å²) in [6.45, 7) is -0.698. The maximum absolute atomic E-state index is 12.1. The number of benzene rings is 1. The van der Waals surface area contributed by atoms with Gasteiger partial charge in [-0.1, -0.05) is 12.1 Å². The first-order valence-electron chi connectivity index (χ1n) is 6.78. The first kappa shape index (κ1) is 15.3. The number of anilines is 1. The van der Waals surface area contributed by atoms with Crippen molar-refractivity contribution in [3.05, 3.63) is 42.1 Å². The molecule has 5 nitrogen and oxygen atoms in total. The molecule has 0 spiro atoms. The van der Waals surface area contributed by atoms with Crippen LogP contribution in [0.25, 0.3) is 0 Å². The second-order valence-corrected chi connectivity index (χ2v) is 4.79. The molecule has 1 aliphatic heterocycles. The summed E-state index contributed by atoms with van der Waals surface area (Å²) in [5.41, 5.74) is 1.57. The molecule has 1 N–H and O–H groups in total. The summed E-state index contributed by atoms with van der Waals surface area (Å²) in [7, 11) is 0. The number of alkyl halides is 3. The standard InChI is InChI=1S/C15H13F3N2O3/c16-15(17,18)8-21-13-5-4-11(7-20-13)19-6-10-2-1-3-12-14(10)23-9-22-12/h1-5,7,19H,6,8-9H2. The summed E-state index contributed by atoms with van der Waals surface area (Å²) >= 11 is 0. The van der Waals surface area contributed by atoms with Crippen LogP contribution in [0.2, 0.25) is 0 Å². The highest BCUT2D eigenvalue weighted by atomic mass is 19.4. The first-order valence-corrected chi connectivity index (χ1v) is 6.78. The van der Waals surface area contributed by atoms with Gasteiger partial charge in [0.2, 0.25) is 12.7 Å². The minimum Gasteiger partial charge on any atom is -0.468 e. The molecule has 0 bridgehead atoms. The minimum atomic E-state index is -4.38. The number of halogens is 3. The van der Waals surface area contributed by atoms with Gasteiger partial charge in [-0.25, -0.2) is 4.98 Å². The maximum atomic E-state index is 12.1. The van der Waals surface area contributed by atoms with Crippen LogP contribution in [0.15, 0.2) is 36.5 Å². The second-order valence-electron chi connectivity index (χ2n) is 4.79. The second kappa shape index (κ2) is 6.23. The van der Waals surface area contributed by atoms with Crippen LogP contribution in [0.1, 0.15) is 5.56 Å². The average molecular weight is 326 g/mol. The molecule has 0 amide bonds. The molecule has 0 saturated heterocycles. The number of nitrogens with one attached hydrogen (secondary N) is 1. The fraction of sp³-hybridized carbons (Fsp3) is 0.267. The summed E-state index contributed by atoms with van der Waals surface area (Å²) in [6, 6.07) is 8.55. The van der Waals surface area contributed by atoms with E-state index in [0.717, 1.165) is 5.56 Å². The van der Waals surface area contributed by atoms with Crippen LogP contribution in [-0.2, 0) is 6.54 Å². The molecule has 0 fully saturated rings. The summed E-state index contributed by atoms with van der Waals surface area (Å²) < 4.78 is 51.4. The predicted octanol–water partition coefficient (Wildman–Crippen LogP) is 3.36. The molecule has 0 saturated carbocycles. The van der Waals surface area contributed by atoms with Crippen LogP contribution >= 0.6 is 0 Å². The van der Waals surface area contributed by atoms with E-state index in [1.54, 1.807) is 6.07 Å². The van der Waals surface area contributed by atoms with E-state index >= 15 is 0 Å². The van der Waals surface area contributed by atoms with Gasteiger partial charge in [0.25, 0.3) is 0 Å². The Labute approximate surface area is 130 Å². The highest BCUT2D eigenvalue weighted by Gasteiger charge is 2.28. The molecule has 3 rings (SSSR count). The van der Waals surface area contributed by atoms with E-state index in [9.17, 15) is 13.2 Å². The number of fused-ring (bicyclic) bond motifs is 1. The van der Waals surface area contributed by atoms with Crippen LogP contribution in [-0.4, -0.2) is 24.6 Å². The van der Waals surface area contributed by atoms with E-state index in [2.05, 4.69) is 15.0 Å². The third-order valence-corrected chi connectivity index (χ3v) is 3.08. The van der Waals surface area contributed by atoms with Gasteiger partial charge in [0, 0.05) is 18.2 Å². The van der Waals surface area contributed by atoms with Crippen LogP contribution < -0.4 is 19.5 Å². The third kappa shape index (κ3) is 3.97. The Morgan fingerprint density at radius 2 is 2.04 bits per heavy atom. The summed E-state index contributed by atoms with van der Waals surface area (Å²) in [5, 5.41) is 3.11. The highest BCUT2D eigenvalue weighted by Crippen LogP contribution is 2.35. The monoisotopic (exact) mass is 326 g/mol. The van der Waals surface area contributed by atoms with E-state index < -0.39 is 12.8 Å². The Morgan fingerprint density at radius 1 is 1.17 bits per heavy atom. The molecule has 122 valence electrons. The number of hydrogen-bond donors (Lipinski definition) is 1. The fourth-order valence-electron chi connectivity index (χ4n) is 2.05. The molecule has 1 aliphatic rings. The zero-order valence-electron chi connectivity index (χ0n) is 11.9. The number of nitrogens with zero attached hydrogens (tertiary/aromatic N) is 1. The van der Waals surface area contributed by atoms with Gasteiger partial charge in [-0.05, 0) is 12.1 Å². The molecular formula is C15H13F3N2O3. The van der Waals surface area contributed by atoms with Gasteiger partial charge in [-0.2, -0.15) is 13.2 Å². The number of pyridine rings is 1. The van der Waals surface area contributed by atoms with Crippen molar-refractivity contribution in [3.63, 3.8) is 0 Å². The van der Waals surface area contributed by atoms with Crippen molar-refractivity contribution in [2.75, 3.05) is 18.7 Å². The molecule has 0 atom stereocenters. The van der Waals surface area contributed by atoms with E-state index in [0.29, 0.717) is 23.7 Å². The molecule has 2 heterocycles. The lowest BCUT2D eigenvalue weighted by Crippen LogP contribution is -2.19. The Hall–Kier alpha value is -2.64. The smallest absolute Gasteiger partial charge is 0.422 e. The lowest BCUT2D eigenvalue weighted by atomic mass is 10.2. The topological polar surface area (TPSA) is 52.6 Å². The number of aromatic nitrogens is 1. The zero-order chi connectivity index (χ0) is 16.3. The van der Waals surface area contributed by atoms with Crippen molar-refractivity contribution in [2.24, 2.45) is 0 Å². The van der Waals surface area contributed by atoms with Gasteiger partial charge in [-0.3, -0.25) is 0 Å². The van der Waals surface area contributed by atoms with Crippen molar-refractivity contribution < 1.29 is 27.4 Å². The SMILES string of the molecule is FC(F)(F)COc1ccc(NCc2cccc3c2OCO3)cn1. The summed E-state index contributed by atoms with van der Waals surface area (Å²) in [4.78, 5) is 3.83. The summed E-state index contributed by atoms with van der Waals surface area (Å²) in [5.74, 6) is 1.31. The van der Waals surface area contributed by atoms with E-state index in [1.807, 2.05) is 18.2 Å². The predicted molar refractivity (Wildman–Crippen MR) is 75.7 cm³/mol. The van der Waals surface area contributed by atoms with Gasteiger partial charge >= 0.3 is 6.18 Å². The van der Waals surface area contributed by atoms with Crippen molar-refractivity contribution in [1.82, 2.24) is 4.98 Å².